The summed E-state index contributed by atoms with van der Waals surface area (Å²) in [6.45, 7) is 1.81. The fourth-order valence-electron chi connectivity index (χ4n) is 3.39. The minimum Gasteiger partial charge on any atom is -0.484 e. The summed E-state index contributed by atoms with van der Waals surface area (Å²) in [4.78, 5) is 23.9. The molecule has 1 saturated carbocycles. The van der Waals surface area contributed by atoms with Crippen LogP contribution < -0.4 is 20.2 Å². The lowest BCUT2D eigenvalue weighted by atomic mass is 9.95. The van der Waals surface area contributed by atoms with E-state index in [4.69, 9.17) is 9.47 Å². The van der Waals surface area contributed by atoms with Crippen molar-refractivity contribution >= 4 is 18.0 Å². The van der Waals surface area contributed by atoms with E-state index < -0.39 is 0 Å². The van der Waals surface area contributed by atoms with E-state index in [9.17, 15) is 9.59 Å². The van der Waals surface area contributed by atoms with E-state index in [-0.39, 0.29) is 31.1 Å². The highest BCUT2D eigenvalue weighted by atomic mass is 16.5. The molecule has 0 unspecified atom stereocenters. The fourth-order valence-corrected chi connectivity index (χ4v) is 3.39. The summed E-state index contributed by atoms with van der Waals surface area (Å²) in [5, 5.41) is 6.96. The highest BCUT2D eigenvalue weighted by Gasteiger charge is 2.15. The Morgan fingerprint density at radius 2 is 1.68 bits per heavy atom. The zero-order chi connectivity index (χ0) is 21.9. The first-order chi connectivity index (χ1) is 15.1. The average molecular weight is 424 g/mol. The molecule has 1 aliphatic carbocycles. The molecule has 0 heterocycles. The second-order valence-corrected chi connectivity index (χ2v) is 7.61. The van der Waals surface area contributed by atoms with Gasteiger partial charge in [-0.3, -0.25) is 9.59 Å². The minimum absolute atomic E-state index is 0.000875. The zero-order valence-corrected chi connectivity index (χ0v) is 17.8. The van der Waals surface area contributed by atoms with E-state index in [1.54, 1.807) is 24.3 Å². The SMILES string of the molecule is Cc1ccccc1OCC(=O)N/N=C/c1ccc(OCC(=O)NC2CCCCC2)cc1. The molecule has 31 heavy (non-hydrogen) atoms. The summed E-state index contributed by atoms with van der Waals surface area (Å²) in [6.07, 6.45) is 7.24. The predicted molar refractivity (Wildman–Crippen MR) is 119 cm³/mol. The van der Waals surface area contributed by atoms with Gasteiger partial charge in [0.25, 0.3) is 11.8 Å². The maximum Gasteiger partial charge on any atom is 0.277 e. The Labute approximate surface area is 182 Å². The molecule has 1 fully saturated rings. The third-order valence-corrected chi connectivity index (χ3v) is 5.08. The van der Waals surface area contributed by atoms with Crippen LogP contribution in [0.4, 0.5) is 0 Å². The van der Waals surface area contributed by atoms with Crippen LogP contribution in [0.25, 0.3) is 0 Å². The molecule has 3 rings (SSSR count). The van der Waals surface area contributed by atoms with Crippen LogP contribution in [-0.2, 0) is 9.59 Å². The molecular weight excluding hydrogens is 394 g/mol. The van der Waals surface area contributed by atoms with Crippen molar-refractivity contribution in [3.8, 4) is 11.5 Å². The Morgan fingerprint density at radius 1 is 0.968 bits per heavy atom. The molecule has 0 spiro atoms. The smallest absolute Gasteiger partial charge is 0.277 e. The van der Waals surface area contributed by atoms with Crippen LogP contribution in [0.15, 0.2) is 53.6 Å². The van der Waals surface area contributed by atoms with Gasteiger partial charge in [-0.15, -0.1) is 0 Å². The highest BCUT2D eigenvalue weighted by Crippen LogP contribution is 2.17. The van der Waals surface area contributed by atoms with E-state index in [0.717, 1.165) is 24.0 Å². The maximum absolute atomic E-state index is 12.0. The van der Waals surface area contributed by atoms with E-state index in [2.05, 4.69) is 15.8 Å². The number of nitrogens with zero attached hydrogens (tertiary/aromatic N) is 1. The lowest BCUT2D eigenvalue weighted by Crippen LogP contribution is -2.38. The number of rotatable bonds is 9. The number of hydrazone groups is 1. The molecule has 2 amide bonds. The van der Waals surface area contributed by atoms with Crippen LogP contribution in [0.5, 0.6) is 11.5 Å². The van der Waals surface area contributed by atoms with Gasteiger partial charge in [0.1, 0.15) is 11.5 Å². The van der Waals surface area contributed by atoms with E-state index >= 15 is 0 Å². The summed E-state index contributed by atoms with van der Waals surface area (Å²) in [5.41, 5.74) is 4.19. The Kier molecular flexibility index (Phi) is 8.46. The number of hydrogen-bond donors (Lipinski definition) is 2. The lowest BCUT2D eigenvalue weighted by molar-refractivity contribution is -0.124. The van der Waals surface area contributed by atoms with Crippen LogP contribution in [0.3, 0.4) is 0 Å². The summed E-state index contributed by atoms with van der Waals surface area (Å²) in [5.74, 6) is 0.841. The fraction of sp³-hybridized carbons (Fsp3) is 0.375. The topological polar surface area (TPSA) is 89.0 Å². The number of para-hydroxylation sites is 1. The standard InChI is InChI=1S/C24H29N3O4/c1-18-7-5-6-10-22(18)31-17-24(29)27-25-15-19-11-13-21(14-12-19)30-16-23(28)26-20-8-3-2-4-9-20/h5-7,10-15,20H,2-4,8-9,16-17H2,1H3,(H,26,28)(H,27,29)/b25-15+. The number of aryl methyl sites for hydroxylation is 1. The second-order valence-electron chi connectivity index (χ2n) is 7.61. The van der Waals surface area contributed by atoms with E-state index in [1.165, 1.54) is 25.5 Å². The third kappa shape index (κ3) is 7.77. The molecule has 0 bridgehead atoms. The van der Waals surface area contributed by atoms with Gasteiger partial charge in [-0.05, 0) is 61.2 Å². The molecule has 0 radical (unpaired) electrons. The van der Waals surface area contributed by atoms with Gasteiger partial charge < -0.3 is 14.8 Å². The van der Waals surface area contributed by atoms with Crippen LogP contribution in [0.1, 0.15) is 43.2 Å². The van der Waals surface area contributed by atoms with Crippen LogP contribution in [-0.4, -0.2) is 37.3 Å². The summed E-state index contributed by atoms with van der Waals surface area (Å²) in [7, 11) is 0. The number of ether oxygens (including phenoxy) is 2. The van der Waals surface area contributed by atoms with Crippen LogP contribution in [0.2, 0.25) is 0 Å². The monoisotopic (exact) mass is 423 g/mol. The Morgan fingerprint density at radius 3 is 2.42 bits per heavy atom. The predicted octanol–water partition coefficient (Wildman–Crippen LogP) is 3.35. The van der Waals surface area contributed by atoms with Gasteiger partial charge >= 0.3 is 0 Å². The Bertz CT molecular complexity index is 890. The zero-order valence-electron chi connectivity index (χ0n) is 17.8. The summed E-state index contributed by atoms with van der Waals surface area (Å²) < 4.78 is 11.0. The molecule has 2 aromatic carbocycles. The van der Waals surface area contributed by atoms with Crippen molar-refractivity contribution in [2.75, 3.05) is 13.2 Å². The normalized spacial score (nSPS) is 14.2. The highest BCUT2D eigenvalue weighted by molar-refractivity contribution is 5.83. The number of carbonyl (C=O) groups excluding carboxylic acids is 2. The van der Waals surface area contributed by atoms with Gasteiger partial charge in [-0.2, -0.15) is 5.10 Å². The molecule has 0 atom stereocenters. The van der Waals surface area contributed by atoms with Gasteiger partial charge in [0.2, 0.25) is 0 Å². The number of benzene rings is 2. The van der Waals surface area contributed by atoms with Crippen molar-refractivity contribution < 1.29 is 19.1 Å². The van der Waals surface area contributed by atoms with Crippen LogP contribution >= 0.6 is 0 Å². The molecule has 0 aromatic heterocycles. The van der Waals surface area contributed by atoms with Gasteiger partial charge in [0.15, 0.2) is 13.2 Å². The Balaban J connectivity index is 1.36. The number of nitrogens with one attached hydrogen (secondary N) is 2. The van der Waals surface area contributed by atoms with E-state index in [0.29, 0.717) is 11.5 Å². The largest absolute Gasteiger partial charge is 0.484 e. The minimum atomic E-state index is -0.344. The molecular formula is C24H29N3O4. The van der Waals surface area contributed by atoms with Gasteiger partial charge in [0.05, 0.1) is 6.21 Å². The van der Waals surface area contributed by atoms with Crippen molar-refractivity contribution in [2.24, 2.45) is 5.10 Å². The average Bonchev–Trinajstić information content (AvgIpc) is 2.79. The van der Waals surface area contributed by atoms with Crippen LogP contribution in [0, 0.1) is 6.92 Å². The van der Waals surface area contributed by atoms with Gasteiger partial charge in [0, 0.05) is 6.04 Å². The second kappa shape index (κ2) is 11.7. The van der Waals surface area contributed by atoms with Crippen molar-refractivity contribution in [1.82, 2.24) is 10.7 Å². The quantitative estimate of drug-likeness (QED) is 0.478. The summed E-state index contributed by atoms with van der Waals surface area (Å²) in [6, 6.07) is 14.9. The van der Waals surface area contributed by atoms with Gasteiger partial charge in [-0.25, -0.2) is 5.43 Å². The number of carbonyl (C=O) groups is 2. The first-order valence-electron chi connectivity index (χ1n) is 10.6. The molecule has 7 heteroatoms. The molecule has 7 nitrogen and oxygen atoms in total. The molecule has 2 aromatic rings. The van der Waals surface area contributed by atoms with Crippen molar-refractivity contribution in [1.29, 1.82) is 0 Å². The third-order valence-electron chi connectivity index (χ3n) is 5.08. The molecule has 0 saturated heterocycles. The molecule has 164 valence electrons. The maximum atomic E-state index is 12.0. The first-order valence-corrected chi connectivity index (χ1v) is 10.6. The first kappa shape index (κ1) is 22.3. The lowest BCUT2D eigenvalue weighted by Gasteiger charge is -2.22. The van der Waals surface area contributed by atoms with Crippen molar-refractivity contribution in [3.63, 3.8) is 0 Å². The number of amides is 2. The molecule has 0 aliphatic heterocycles. The molecule has 2 N–H and O–H groups in total. The Hall–Kier alpha value is -3.35. The van der Waals surface area contributed by atoms with Crippen molar-refractivity contribution in [2.45, 2.75) is 45.1 Å². The van der Waals surface area contributed by atoms with Crippen molar-refractivity contribution in [3.05, 3.63) is 59.7 Å². The summed E-state index contributed by atoms with van der Waals surface area (Å²) >= 11 is 0. The van der Waals surface area contributed by atoms with Gasteiger partial charge in [-0.1, -0.05) is 37.5 Å². The molecule has 1 aliphatic rings. The number of hydrogen-bond acceptors (Lipinski definition) is 5. The van der Waals surface area contributed by atoms with E-state index in [1.807, 2.05) is 31.2 Å².